The van der Waals surface area contributed by atoms with E-state index in [4.69, 9.17) is 10.1 Å². The Hall–Kier alpha value is -1.55. The molecule has 1 rings (SSSR count). The fourth-order valence-electron chi connectivity index (χ4n) is 1.15. The lowest BCUT2D eigenvalue weighted by Crippen LogP contribution is -2.13. The maximum absolute atomic E-state index is 9.67. The van der Waals surface area contributed by atoms with Crippen LogP contribution in [0.2, 0.25) is 0 Å². The fraction of sp³-hybridized carbons (Fsp3) is 0.300. The normalized spacial score (nSPS) is 11.9. The first-order valence-corrected chi connectivity index (χ1v) is 4.14. The lowest BCUT2D eigenvalue weighted by atomic mass is 10.1. The van der Waals surface area contributed by atoms with Gasteiger partial charge in [0.1, 0.15) is 5.75 Å². The standard InChI is InChI=1S/C10H13NO3/c1-13-8-6-4-3-5-7(8)9(12)10(11)14-2/h3-6,9,11-12H,1-2H3. The van der Waals surface area contributed by atoms with Gasteiger partial charge in [0.25, 0.3) is 0 Å². The molecule has 2 N–H and O–H groups in total. The summed E-state index contributed by atoms with van der Waals surface area (Å²) >= 11 is 0. The largest absolute Gasteiger partial charge is 0.496 e. The molecule has 0 saturated carbocycles. The molecule has 4 nitrogen and oxygen atoms in total. The van der Waals surface area contributed by atoms with Crippen LogP contribution in [0.3, 0.4) is 0 Å². The summed E-state index contributed by atoms with van der Waals surface area (Å²) in [6.45, 7) is 0. The number of nitrogens with one attached hydrogen (secondary N) is 1. The highest BCUT2D eigenvalue weighted by atomic mass is 16.5. The molecule has 1 unspecified atom stereocenters. The van der Waals surface area contributed by atoms with Crippen LogP contribution in [0.25, 0.3) is 0 Å². The molecule has 0 aromatic heterocycles. The molecule has 0 bridgehead atoms. The summed E-state index contributed by atoms with van der Waals surface area (Å²) in [6, 6.07) is 6.98. The highest BCUT2D eigenvalue weighted by Gasteiger charge is 2.17. The predicted molar refractivity (Wildman–Crippen MR) is 52.7 cm³/mol. The first-order valence-electron chi connectivity index (χ1n) is 4.14. The second kappa shape index (κ2) is 4.62. The molecule has 0 heterocycles. The summed E-state index contributed by atoms with van der Waals surface area (Å²) in [6.07, 6.45) is -1.07. The van der Waals surface area contributed by atoms with Crippen molar-refractivity contribution in [3.63, 3.8) is 0 Å². The average Bonchev–Trinajstić information content (AvgIpc) is 2.26. The number of para-hydroxylation sites is 1. The van der Waals surface area contributed by atoms with Crippen LogP contribution in [-0.2, 0) is 4.74 Å². The van der Waals surface area contributed by atoms with Crippen LogP contribution in [0, 0.1) is 5.41 Å². The minimum absolute atomic E-state index is 0.200. The number of aliphatic hydroxyl groups excluding tert-OH is 1. The lowest BCUT2D eigenvalue weighted by molar-refractivity contribution is 0.201. The highest BCUT2D eigenvalue weighted by Crippen LogP contribution is 2.25. The Balaban J connectivity index is 2.99. The first-order chi connectivity index (χ1) is 6.70. The van der Waals surface area contributed by atoms with E-state index in [-0.39, 0.29) is 5.90 Å². The smallest absolute Gasteiger partial charge is 0.214 e. The van der Waals surface area contributed by atoms with Gasteiger partial charge in [-0.15, -0.1) is 0 Å². The number of hydrogen-bond donors (Lipinski definition) is 2. The third kappa shape index (κ3) is 2.03. The van der Waals surface area contributed by atoms with Gasteiger partial charge in [0.15, 0.2) is 6.10 Å². The van der Waals surface area contributed by atoms with Crippen LogP contribution in [0.4, 0.5) is 0 Å². The quantitative estimate of drug-likeness (QED) is 0.565. The molecule has 0 saturated heterocycles. The number of ether oxygens (including phenoxy) is 2. The molecule has 76 valence electrons. The minimum Gasteiger partial charge on any atom is -0.496 e. The van der Waals surface area contributed by atoms with Crippen LogP contribution < -0.4 is 4.74 Å². The molecule has 14 heavy (non-hydrogen) atoms. The van der Waals surface area contributed by atoms with Crippen LogP contribution >= 0.6 is 0 Å². The molecule has 1 aromatic carbocycles. The summed E-state index contributed by atoms with van der Waals surface area (Å²) in [5.41, 5.74) is 0.529. The minimum atomic E-state index is -1.07. The third-order valence-corrected chi connectivity index (χ3v) is 1.90. The molecular weight excluding hydrogens is 182 g/mol. The zero-order chi connectivity index (χ0) is 10.6. The van der Waals surface area contributed by atoms with Crippen molar-refractivity contribution < 1.29 is 14.6 Å². The van der Waals surface area contributed by atoms with Gasteiger partial charge in [-0.3, -0.25) is 5.41 Å². The maximum atomic E-state index is 9.67. The van der Waals surface area contributed by atoms with E-state index in [0.717, 1.165) is 0 Å². The van der Waals surface area contributed by atoms with Gasteiger partial charge in [0.05, 0.1) is 14.2 Å². The third-order valence-electron chi connectivity index (χ3n) is 1.90. The van der Waals surface area contributed by atoms with Crippen molar-refractivity contribution in [2.24, 2.45) is 0 Å². The van der Waals surface area contributed by atoms with Gasteiger partial charge in [-0.05, 0) is 6.07 Å². The Kier molecular flexibility index (Phi) is 3.48. The monoisotopic (exact) mass is 195 g/mol. The summed E-state index contributed by atoms with van der Waals surface area (Å²) in [7, 11) is 2.86. The Labute approximate surface area is 82.6 Å². The van der Waals surface area contributed by atoms with Gasteiger partial charge in [0.2, 0.25) is 5.90 Å². The van der Waals surface area contributed by atoms with Crippen molar-refractivity contribution in [3.05, 3.63) is 29.8 Å². The van der Waals surface area contributed by atoms with Gasteiger partial charge >= 0.3 is 0 Å². The van der Waals surface area contributed by atoms with E-state index in [1.807, 2.05) is 0 Å². The van der Waals surface area contributed by atoms with E-state index >= 15 is 0 Å². The second-order valence-corrected chi connectivity index (χ2v) is 2.71. The van der Waals surface area contributed by atoms with E-state index in [9.17, 15) is 5.11 Å². The summed E-state index contributed by atoms with van der Waals surface area (Å²) < 4.78 is 9.69. The zero-order valence-corrected chi connectivity index (χ0v) is 8.15. The molecule has 0 aliphatic carbocycles. The molecule has 4 heteroatoms. The Morgan fingerprint density at radius 1 is 1.36 bits per heavy atom. The summed E-state index contributed by atoms with van der Waals surface area (Å²) in [5, 5.41) is 17.0. The Morgan fingerprint density at radius 3 is 2.57 bits per heavy atom. The van der Waals surface area contributed by atoms with Crippen molar-refractivity contribution in [1.29, 1.82) is 5.41 Å². The molecule has 0 aliphatic rings. The number of benzene rings is 1. The zero-order valence-electron chi connectivity index (χ0n) is 8.15. The van der Waals surface area contributed by atoms with E-state index < -0.39 is 6.10 Å². The molecule has 0 spiro atoms. The van der Waals surface area contributed by atoms with Crippen molar-refractivity contribution >= 4 is 5.90 Å². The van der Waals surface area contributed by atoms with E-state index in [1.54, 1.807) is 24.3 Å². The van der Waals surface area contributed by atoms with Crippen molar-refractivity contribution in [1.82, 2.24) is 0 Å². The average molecular weight is 195 g/mol. The Bertz CT molecular complexity index is 325. The lowest BCUT2D eigenvalue weighted by Gasteiger charge is -2.14. The molecule has 1 aromatic rings. The first kappa shape index (κ1) is 10.5. The van der Waals surface area contributed by atoms with Gasteiger partial charge in [-0.25, -0.2) is 0 Å². The fourth-order valence-corrected chi connectivity index (χ4v) is 1.15. The van der Waals surface area contributed by atoms with Crippen molar-refractivity contribution in [2.45, 2.75) is 6.10 Å². The molecule has 0 radical (unpaired) electrons. The van der Waals surface area contributed by atoms with E-state index in [2.05, 4.69) is 4.74 Å². The molecule has 0 aliphatic heterocycles. The number of methoxy groups -OCH3 is 2. The summed E-state index contributed by atoms with van der Waals surface area (Å²) in [4.78, 5) is 0. The van der Waals surface area contributed by atoms with E-state index in [0.29, 0.717) is 11.3 Å². The van der Waals surface area contributed by atoms with Crippen LogP contribution in [0.15, 0.2) is 24.3 Å². The van der Waals surface area contributed by atoms with Crippen LogP contribution in [0.5, 0.6) is 5.75 Å². The van der Waals surface area contributed by atoms with Gasteiger partial charge in [-0.1, -0.05) is 18.2 Å². The van der Waals surface area contributed by atoms with Gasteiger partial charge in [0, 0.05) is 5.56 Å². The predicted octanol–water partition coefficient (Wildman–Crippen LogP) is 1.35. The van der Waals surface area contributed by atoms with E-state index in [1.165, 1.54) is 14.2 Å². The Morgan fingerprint density at radius 2 is 2.00 bits per heavy atom. The van der Waals surface area contributed by atoms with Crippen molar-refractivity contribution in [3.8, 4) is 5.75 Å². The van der Waals surface area contributed by atoms with Gasteiger partial charge < -0.3 is 14.6 Å². The number of aliphatic hydroxyl groups is 1. The van der Waals surface area contributed by atoms with Gasteiger partial charge in [-0.2, -0.15) is 0 Å². The van der Waals surface area contributed by atoms with Crippen LogP contribution in [0.1, 0.15) is 11.7 Å². The second-order valence-electron chi connectivity index (χ2n) is 2.71. The maximum Gasteiger partial charge on any atom is 0.214 e. The number of rotatable bonds is 3. The van der Waals surface area contributed by atoms with Crippen LogP contribution in [-0.4, -0.2) is 25.2 Å². The number of hydrogen-bond acceptors (Lipinski definition) is 4. The molecule has 0 fully saturated rings. The summed E-state index contributed by atoms with van der Waals surface area (Å²) in [5.74, 6) is 0.344. The SMILES string of the molecule is COC(=N)C(O)c1ccccc1OC. The molecular formula is C10H13NO3. The molecule has 0 amide bonds. The topological polar surface area (TPSA) is 62.5 Å². The molecule has 1 atom stereocenters. The highest BCUT2D eigenvalue weighted by molar-refractivity contribution is 5.79. The van der Waals surface area contributed by atoms with Crippen molar-refractivity contribution in [2.75, 3.05) is 14.2 Å².